The van der Waals surface area contributed by atoms with Crippen LogP contribution in [0.4, 0.5) is 5.69 Å². The van der Waals surface area contributed by atoms with Gasteiger partial charge in [0.25, 0.3) is 11.6 Å². The van der Waals surface area contributed by atoms with Crippen LogP contribution in [-0.4, -0.2) is 67.7 Å². The van der Waals surface area contributed by atoms with Crippen molar-refractivity contribution in [1.82, 2.24) is 14.5 Å². The van der Waals surface area contributed by atoms with Crippen LogP contribution in [0, 0.1) is 10.1 Å². The van der Waals surface area contributed by atoms with E-state index in [-0.39, 0.29) is 21.2 Å². The van der Waals surface area contributed by atoms with Crippen molar-refractivity contribution in [2.45, 2.75) is 4.90 Å². The zero-order valence-corrected chi connectivity index (χ0v) is 17.6. The van der Waals surface area contributed by atoms with Crippen molar-refractivity contribution in [2.24, 2.45) is 0 Å². The van der Waals surface area contributed by atoms with Gasteiger partial charge in [0.15, 0.2) is 0 Å². The highest BCUT2D eigenvalue weighted by Crippen LogP contribution is 2.25. The van der Waals surface area contributed by atoms with Gasteiger partial charge < -0.3 is 5.32 Å². The van der Waals surface area contributed by atoms with Crippen molar-refractivity contribution < 1.29 is 18.1 Å². The summed E-state index contributed by atoms with van der Waals surface area (Å²) in [5, 5.41) is 13.6. The third kappa shape index (κ3) is 5.14. The van der Waals surface area contributed by atoms with Gasteiger partial charge in [0.1, 0.15) is 5.02 Å². The largest absolute Gasteiger partial charge is 0.351 e. The quantitative estimate of drug-likeness (QED) is 0.507. The van der Waals surface area contributed by atoms with E-state index in [0.29, 0.717) is 39.3 Å². The predicted octanol–water partition coefficient (Wildman–Crippen LogP) is 1.98. The van der Waals surface area contributed by atoms with Crippen LogP contribution in [0.1, 0.15) is 10.4 Å². The molecule has 0 saturated carbocycles. The van der Waals surface area contributed by atoms with Crippen molar-refractivity contribution in [2.75, 3.05) is 39.3 Å². The Bertz CT molecular complexity index is 1020. The minimum absolute atomic E-state index is 0.0279. The molecule has 3 rings (SSSR count). The van der Waals surface area contributed by atoms with Crippen LogP contribution in [0.2, 0.25) is 5.02 Å². The third-order valence-electron chi connectivity index (χ3n) is 4.83. The van der Waals surface area contributed by atoms with Gasteiger partial charge in [-0.25, -0.2) is 8.42 Å². The first-order valence-electron chi connectivity index (χ1n) is 9.29. The molecule has 1 N–H and O–H groups in total. The van der Waals surface area contributed by atoms with E-state index in [9.17, 15) is 23.3 Å². The van der Waals surface area contributed by atoms with Crippen LogP contribution in [0.15, 0.2) is 53.4 Å². The first-order chi connectivity index (χ1) is 14.3. The van der Waals surface area contributed by atoms with Gasteiger partial charge in [0.05, 0.1) is 9.82 Å². The molecule has 0 spiro atoms. The molecule has 30 heavy (non-hydrogen) atoms. The minimum atomic E-state index is -3.50. The molecular formula is C19H21ClN4O5S. The Morgan fingerprint density at radius 2 is 1.77 bits per heavy atom. The second-order valence-electron chi connectivity index (χ2n) is 6.74. The lowest BCUT2D eigenvalue weighted by Gasteiger charge is -2.33. The molecular weight excluding hydrogens is 432 g/mol. The number of rotatable bonds is 7. The Balaban J connectivity index is 1.48. The molecule has 0 unspecified atom stereocenters. The first-order valence-corrected chi connectivity index (χ1v) is 11.1. The minimum Gasteiger partial charge on any atom is -0.351 e. The molecule has 0 radical (unpaired) electrons. The van der Waals surface area contributed by atoms with Crippen LogP contribution < -0.4 is 5.32 Å². The summed E-state index contributed by atoms with van der Waals surface area (Å²) in [5.74, 6) is -0.431. The maximum absolute atomic E-state index is 12.6. The van der Waals surface area contributed by atoms with E-state index in [1.807, 2.05) is 0 Å². The lowest BCUT2D eigenvalue weighted by Crippen LogP contribution is -2.50. The second kappa shape index (κ2) is 9.52. The molecule has 0 bridgehead atoms. The molecule has 9 nitrogen and oxygen atoms in total. The van der Waals surface area contributed by atoms with Gasteiger partial charge in [-0.3, -0.25) is 19.8 Å². The SMILES string of the molecule is O=C(NCCN1CCN(S(=O)(=O)c2ccccc2)CC1)c1ccc(Cl)c([N+](=O)[O-])c1. The number of nitrogens with zero attached hydrogens (tertiary/aromatic N) is 3. The zero-order valence-electron chi connectivity index (χ0n) is 16.0. The number of carbonyl (C=O) groups excluding carboxylic acids is 1. The number of hydrogen-bond acceptors (Lipinski definition) is 6. The number of nitro groups is 1. The molecule has 0 aromatic heterocycles. The Labute approximate surface area is 179 Å². The number of carbonyl (C=O) groups is 1. The maximum Gasteiger partial charge on any atom is 0.288 e. The molecule has 1 heterocycles. The molecule has 0 atom stereocenters. The summed E-state index contributed by atoms with van der Waals surface area (Å²) in [6.45, 7) is 2.72. The number of amides is 1. The smallest absolute Gasteiger partial charge is 0.288 e. The van der Waals surface area contributed by atoms with Crippen LogP contribution in [0.5, 0.6) is 0 Å². The van der Waals surface area contributed by atoms with Crippen molar-refractivity contribution >= 4 is 33.2 Å². The Kier molecular flexibility index (Phi) is 7.03. The van der Waals surface area contributed by atoms with Crippen molar-refractivity contribution in [3.8, 4) is 0 Å². The van der Waals surface area contributed by atoms with Gasteiger partial charge in [0.2, 0.25) is 10.0 Å². The summed E-state index contributed by atoms with van der Waals surface area (Å²) in [7, 11) is -3.50. The Morgan fingerprint density at radius 3 is 2.40 bits per heavy atom. The maximum atomic E-state index is 12.6. The van der Waals surface area contributed by atoms with Gasteiger partial charge in [-0.15, -0.1) is 0 Å². The molecule has 160 valence electrons. The lowest BCUT2D eigenvalue weighted by molar-refractivity contribution is -0.384. The third-order valence-corrected chi connectivity index (χ3v) is 7.06. The van der Waals surface area contributed by atoms with E-state index in [2.05, 4.69) is 10.2 Å². The van der Waals surface area contributed by atoms with Gasteiger partial charge in [-0.2, -0.15) is 4.31 Å². The summed E-state index contributed by atoms with van der Waals surface area (Å²) in [6.07, 6.45) is 0. The summed E-state index contributed by atoms with van der Waals surface area (Å²) in [6, 6.07) is 12.2. The average molecular weight is 453 g/mol. The molecule has 1 fully saturated rings. The fourth-order valence-electron chi connectivity index (χ4n) is 3.16. The highest BCUT2D eigenvalue weighted by atomic mass is 35.5. The van der Waals surface area contributed by atoms with Gasteiger partial charge in [0, 0.05) is 50.9 Å². The number of nitrogens with one attached hydrogen (secondary N) is 1. The molecule has 11 heteroatoms. The van der Waals surface area contributed by atoms with E-state index in [4.69, 9.17) is 11.6 Å². The molecule has 2 aromatic rings. The first kappa shape index (κ1) is 22.2. The van der Waals surface area contributed by atoms with Crippen LogP contribution >= 0.6 is 11.6 Å². The lowest BCUT2D eigenvalue weighted by atomic mass is 10.2. The molecule has 1 aliphatic rings. The van der Waals surface area contributed by atoms with Gasteiger partial charge in [-0.05, 0) is 24.3 Å². The predicted molar refractivity (Wildman–Crippen MR) is 112 cm³/mol. The highest BCUT2D eigenvalue weighted by molar-refractivity contribution is 7.89. The number of sulfonamides is 1. The monoisotopic (exact) mass is 452 g/mol. The molecule has 0 aliphatic carbocycles. The number of halogens is 1. The number of hydrogen-bond donors (Lipinski definition) is 1. The van der Waals surface area contributed by atoms with E-state index in [1.165, 1.54) is 16.4 Å². The summed E-state index contributed by atoms with van der Waals surface area (Å²) in [4.78, 5) is 24.9. The van der Waals surface area contributed by atoms with Crippen molar-refractivity contribution in [3.05, 3.63) is 69.2 Å². The molecule has 1 aliphatic heterocycles. The summed E-state index contributed by atoms with van der Waals surface area (Å²) < 4.78 is 26.8. The number of benzene rings is 2. The zero-order chi connectivity index (χ0) is 21.7. The second-order valence-corrected chi connectivity index (χ2v) is 9.08. The normalized spacial score (nSPS) is 15.6. The van der Waals surface area contributed by atoms with Crippen LogP contribution in [0.25, 0.3) is 0 Å². The van der Waals surface area contributed by atoms with Crippen molar-refractivity contribution in [1.29, 1.82) is 0 Å². The Morgan fingerprint density at radius 1 is 1.10 bits per heavy atom. The van der Waals surface area contributed by atoms with Gasteiger partial charge in [-0.1, -0.05) is 29.8 Å². The van der Waals surface area contributed by atoms with Crippen LogP contribution in [0.3, 0.4) is 0 Å². The molecule has 2 aromatic carbocycles. The molecule has 1 amide bonds. The van der Waals surface area contributed by atoms with E-state index < -0.39 is 20.9 Å². The topological polar surface area (TPSA) is 113 Å². The number of piperazine rings is 1. The Hall–Kier alpha value is -2.53. The van der Waals surface area contributed by atoms with E-state index >= 15 is 0 Å². The van der Waals surface area contributed by atoms with Crippen molar-refractivity contribution in [3.63, 3.8) is 0 Å². The standard InChI is InChI=1S/C19H21ClN4O5S/c20-17-7-6-15(14-18(17)24(26)27)19(25)21-8-9-22-10-12-23(13-11-22)30(28,29)16-4-2-1-3-5-16/h1-7,14H,8-13H2,(H,21,25). The average Bonchev–Trinajstić information content (AvgIpc) is 2.74. The van der Waals surface area contributed by atoms with Gasteiger partial charge >= 0.3 is 0 Å². The fourth-order valence-corrected chi connectivity index (χ4v) is 4.79. The highest BCUT2D eigenvalue weighted by Gasteiger charge is 2.28. The van der Waals surface area contributed by atoms with E-state index in [0.717, 1.165) is 6.07 Å². The summed E-state index contributed by atoms with van der Waals surface area (Å²) in [5.41, 5.74) is -0.162. The number of nitro benzene ring substituents is 1. The van der Waals surface area contributed by atoms with E-state index in [1.54, 1.807) is 30.3 Å². The fraction of sp³-hybridized carbons (Fsp3) is 0.316. The van der Waals surface area contributed by atoms with Crippen LogP contribution in [-0.2, 0) is 10.0 Å². The molecule has 1 saturated heterocycles. The summed E-state index contributed by atoms with van der Waals surface area (Å²) >= 11 is 5.76.